The predicted octanol–water partition coefficient (Wildman–Crippen LogP) is 5.42. The summed E-state index contributed by atoms with van der Waals surface area (Å²) in [6.45, 7) is 11.3. The van der Waals surface area contributed by atoms with Crippen LogP contribution in [0.15, 0.2) is 11.6 Å². The number of aliphatic carboxylic acids is 1. The average Bonchev–Trinajstić information content (AvgIpc) is 2.70. The molecule has 4 aliphatic carbocycles. The molecule has 0 saturated heterocycles. The molecule has 3 saturated carbocycles. The second-order valence-corrected chi connectivity index (χ2v) is 12.4. The van der Waals surface area contributed by atoms with Gasteiger partial charge in [0.1, 0.15) is 6.29 Å². The topological polar surface area (TPSA) is 80.7 Å². The number of esters is 1. The SMILES string of the molecule is CC(=O)OC[C@]12CCCC(C)(C)[C@@H]1CC[C@@]1(C)[C@@H]3CC=C(C(=O)O)[C@H](C=O)[C@@]3(C)CC[C@@H]12. The van der Waals surface area contributed by atoms with Gasteiger partial charge in [0, 0.05) is 17.9 Å². The van der Waals surface area contributed by atoms with Crippen LogP contribution in [0, 0.1) is 45.3 Å². The third-order valence-electron chi connectivity index (χ3n) is 10.7. The summed E-state index contributed by atoms with van der Waals surface area (Å²) in [5.74, 6) is -0.534. The van der Waals surface area contributed by atoms with Gasteiger partial charge in [-0.25, -0.2) is 4.79 Å². The van der Waals surface area contributed by atoms with Gasteiger partial charge in [0.2, 0.25) is 0 Å². The molecule has 178 valence electrons. The highest BCUT2D eigenvalue weighted by Crippen LogP contribution is 2.73. The van der Waals surface area contributed by atoms with E-state index in [1.165, 1.54) is 13.3 Å². The largest absolute Gasteiger partial charge is 0.478 e. The van der Waals surface area contributed by atoms with Crippen LogP contribution in [-0.2, 0) is 19.1 Å². The van der Waals surface area contributed by atoms with Gasteiger partial charge in [-0.3, -0.25) is 4.79 Å². The van der Waals surface area contributed by atoms with Gasteiger partial charge in [0.05, 0.1) is 12.5 Å². The third kappa shape index (κ3) is 3.20. The number of carbonyl (C=O) groups excluding carboxylic acids is 2. The van der Waals surface area contributed by atoms with Crippen molar-refractivity contribution >= 4 is 18.2 Å². The van der Waals surface area contributed by atoms with Crippen LogP contribution in [0.3, 0.4) is 0 Å². The van der Waals surface area contributed by atoms with Crippen LogP contribution < -0.4 is 0 Å². The molecule has 0 spiro atoms. The second kappa shape index (κ2) is 7.70. The standard InChI is InChI=1S/C27H40O5/c1-17(29)32-16-27-12-6-11-24(2,3)20(27)9-14-26(5)21-8-7-18(23(30)31)19(15-28)25(21,4)13-10-22(26)27/h7,15,19-22H,6,8-14,16H2,1-5H3,(H,30,31)/t19-,20-,21+,22-,25+,26-,27+/m0/s1. The summed E-state index contributed by atoms with van der Waals surface area (Å²) < 4.78 is 5.80. The molecular formula is C27H40O5. The lowest BCUT2D eigenvalue weighted by atomic mass is 9.35. The van der Waals surface area contributed by atoms with Crippen LogP contribution in [0.5, 0.6) is 0 Å². The van der Waals surface area contributed by atoms with Crippen molar-refractivity contribution in [2.24, 2.45) is 45.3 Å². The molecule has 0 unspecified atom stereocenters. The fourth-order valence-corrected chi connectivity index (χ4v) is 9.39. The zero-order valence-electron chi connectivity index (χ0n) is 20.4. The summed E-state index contributed by atoms with van der Waals surface area (Å²) in [4.78, 5) is 36.0. The molecular weight excluding hydrogens is 404 g/mol. The first-order valence-electron chi connectivity index (χ1n) is 12.4. The van der Waals surface area contributed by atoms with E-state index in [2.05, 4.69) is 27.7 Å². The summed E-state index contributed by atoms with van der Waals surface area (Å²) in [7, 11) is 0. The van der Waals surface area contributed by atoms with Gasteiger partial charge in [-0.2, -0.15) is 0 Å². The molecule has 0 bridgehead atoms. The summed E-state index contributed by atoms with van der Waals surface area (Å²) >= 11 is 0. The molecule has 0 aromatic carbocycles. The van der Waals surface area contributed by atoms with Crippen LogP contribution in [0.4, 0.5) is 0 Å². The van der Waals surface area contributed by atoms with Crippen molar-refractivity contribution in [3.05, 3.63) is 11.6 Å². The molecule has 3 fully saturated rings. The van der Waals surface area contributed by atoms with E-state index in [0.717, 1.165) is 44.8 Å². The van der Waals surface area contributed by atoms with Gasteiger partial charge >= 0.3 is 11.9 Å². The Bertz CT molecular complexity index is 843. The maximum Gasteiger partial charge on any atom is 0.331 e. The predicted molar refractivity (Wildman–Crippen MR) is 122 cm³/mol. The monoisotopic (exact) mass is 444 g/mol. The lowest BCUT2D eigenvalue weighted by Crippen LogP contribution is -2.64. The van der Waals surface area contributed by atoms with Crippen LogP contribution in [0.25, 0.3) is 0 Å². The van der Waals surface area contributed by atoms with E-state index in [4.69, 9.17) is 4.74 Å². The third-order valence-corrected chi connectivity index (χ3v) is 10.7. The highest BCUT2D eigenvalue weighted by Gasteiger charge is 2.67. The van der Waals surface area contributed by atoms with Crippen molar-refractivity contribution in [1.29, 1.82) is 0 Å². The Morgan fingerprint density at radius 2 is 1.69 bits per heavy atom. The molecule has 0 amide bonds. The molecule has 7 atom stereocenters. The quantitative estimate of drug-likeness (QED) is 0.462. The van der Waals surface area contributed by atoms with E-state index >= 15 is 0 Å². The number of allylic oxidation sites excluding steroid dienone is 1. The average molecular weight is 445 g/mol. The number of aldehydes is 1. The minimum absolute atomic E-state index is 0.00113. The minimum atomic E-state index is -0.960. The number of hydrogen-bond donors (Lipinski definition) is 1. The fourth-order valence-electron chi connectivity index (χ4n) is 9.39. The second-order valence-electron chi connectivity index (χ2n) is 12.4. The molecule has 4 rings (SSSR count). The number of fused-ring (bicyclic) bond motifs is 5. The van der Waals surface area contributed by atoms with Crippen LogP contribution >= 0.6 is 0 Å². The lowest BCUT2D eigenvalue weighted by Gasteiger charge is -2.69. The summed E-state index contributed by atoms with van der Waals surface area (Å²) in [6, 6.07) is 0. The van der Waals surface area contributed by atoms with Crippen LogP contribution in [0.1, 0.15) is 86.0 Å². The van der Waals surface area contributed by atoms with Crippen LogP contribution in [0.2, 0.25) is 0 Å². The Hall–Kier alpha value is -1.65. The molecule has 32 heavy (non-hydrogen) atoms. The normalized spacial score (nSPS) is 44.8. The first kappa shape index (κ1) is 23.5. The number of carboxylic acids is 1. The van der Waals surface area contributed by atoms with Crippen molar-refractivity contribution in [2.45, 2.75) is 86.0 Å². The molecule has 4 aliphatic rings. The van der Waals surface area contributed by atoms with E-state index < -0.39 is 11.9 Å². The molecule has 0 aliphatic heterocycles. The highest BCUT2D eigenvalue weighted by molar-refractivity contribution is 5.92. The molecule has 5 nitrogen and oxygen atoms in total. The van der Waals surface area contributed by atoms with E-state index in [0.29, 0.717) is 24.9 Å². The first-order chi connectivity index (χ1) is 14.9. The van der Waals surface area contributed by atoms with Crippen molar-refractivity contribution < 1.29 is 24.2 Å². The van der Waals surface area contributed by atoms with Gasteiger partial charge in [-0.15, -0.1) is 0 Å². The fraction of sp³-hybridized carbons (Fsp3) is 0.815. The van der Waals surface area contributed by atoms with E-state index in [9.17, 15) is 19.5 Å². The van der Waals surface area contributed by atoms with Gasteiger partial charge < -0.3 is 14.6 Å². The maximum atomic E-state index is 12.2. The Balaban J connectivity index is 1.79. The molecule has 0 aromatic heterocycles. The number of ether oxygens (including phenoxy) is 1. The number of carboxylic acid groups (broad SMARTS) is 1. The Morgan fingerprint density at radius 1 is 1.03 bits per heavy atom. The van der Waals surface area contributed by atoms with Gasteiger partial charge in [0.25, 0.3) is 0 Å². The Kier molecular flexibility index (Phi) is 5.66. The number of hydrogen-bond acceptors (Lipinski definition) is 4. The van der Waals surface area contributed by atoms with E-state index in [1.807, 2.05) is 6.08 Å². The maximum absolute atomic E-state index is 12.2. The van der Waals surface area contributed by atoms with Crippen molar-refractivity contribution in [3.63, 3.8) is 0 Å². The van der Waals surface area contributed by atoms with Gasteiger partial charge in [0.15, 0.2) is 0 Å². The zero-order valence-corrected chi connectivity index (χ0v) is 20.4. The molecule has 0 radical (unpaired) electrons. The van der Waals surface area contributed by atoms with Crippen LogP contribution in [-0.4, -0.2) is 29.9 Å². The summed E-state index contributed by atoms with van der Waals surface area (Å²) in [5.41, 5.74) is 0.126. The minimum Gasteiger partial charge on any atom is -0.478 e. The van der Waals surface area contributed by atoms with Crippen molar-refractivity contribution in [1.82, 2.24) is 0 Å². The smallest absolute Gasteiger partial charge is 0.331 e. The highest BCUT2D eigenvalue weighted by atomic mass is 16.5. The van der Waals surface area contributed by atoms with Gasteiger partial charge in [-0.1, -0.05) is 40.2 Å². The molecule has 1 N–H and O–H groups in total. The van der Waals surface area contributed by atoms with E-state index in [1.54, 1.807) is 0 Å². The van der Waals surface area contributed by atoms with Gasteiger partial charge in [-0.05, 0) is 78.9 Å². The first-order valence-corrected chi connectivity index (χ1v) is 12.4. The van der Waals surface area contributed by atoms with Crippen molar-refractivity contribution in [3.8, 4) is 0 Å². The summed E-state index contributed by atoms with van der Waals surface area (Å²) in [5, 5.41) is 9.74. The summed E-state index contributed by atoms with van der Waals surface area (Å²) in [6.07, 6.45) is 10.9. The molecule has 0 aromatic rings. The van der Waals surface area contributed by atoms with E-state index in [-0.39, 0.29) is 39.1 Å². The van der Waals surface area contributed by atoms with Crippen molar-refractivity contribution in [2.75, 3.05) is 6.61 Å². The zero-order chi connectivity index (χ0) is 23.5. The number of rotatable bonds is 4. The Labute approximate surface area is 192 Å². The molecule has 5 heteroatoms. The number of carbonyl (C=O) groups is 3. The molecule has 0 heterocycles. The lowest BCUT2D eigenvalue weighted by molar-refractivity contribution is -0.221. The Morgan fingerprint density at radius 3 is 2.31 bits per heavy atom.